The number of amides is 1. The SMILES string of the molecule is O=C(CNS(=O)(=O)c1ccc(I)cc1)Nc1ccc(N=Nc2ccccc2)cc1. The molecular weight excluding hydrogens is 503 g/mol. The maximum Gasteiger partial charge on any atom is 0.241 e. The highest BCUT2D eigenvalue weighted by Crippen LogP contribution is 2.20. The van der Waals surface area contributed by atoms with E-state index in [1.54, 1.807) is 36.4 Å². The first-order valence-electron chi connectivity index (χ1n) is 8.54. The molecule has 0 radical (unpaired) electrons. The molecule has 0 saturated heterocycles. The molecule has 0 aliphatic heterocycles. The molecule has 7 nitrogen and oxygen atoms in total. The monoisotopic (exact) mass is 520 g/mol. The van der Waals surface area contributed by atoms with Crippen LogP contribution in [0.1, 0.15) is 0 Å². The van der Waals surface area contributed by atoms with Gasteiger partial charge in [-0.2, -0.15) is 10.2 Å². The standard InChI is InChI=1S/C20H17IN4O3S/c21-15-6-12-19(13-7-15)29(27,28)22-14-20(26)23-16-8-10-18(11-9-16)25-24-17-4-2-1-3-5-17/h1-13,22H,14H2,(H,23,26). The van der Waals surface area contributed by atoms with Crippen molar-refractivity contribution in [2.45, 2.75) is 4.90 Å². The molecule has 1 amide bonds. The van der Waals surface area contributed by atoms with Gasteiger partial charge in [-0.25, -0.2) is 13.1 Å². The largest absolute Gasteiger partial charge is 0.325 e. The summed E-state index contributed by atoms with van der Waals surface area (Å²) in [5.74, 6) is -0.474. The van der Waals surface area contributed by atoms with E-state index < -0.39 is 15.9 Å². The Morgan fingerprint density at radius 3 is 2.03 bits per heavy atom. The second-order valence-corrected chi connectivity index (χ2v) is 8.92. The number of rotatable bonds is 7. The number of hydrogen-bond acceptors (Lipinski definition) is 5. The van der Waals surface area contributed by atoms with Gasteiger partial charge in [0.25, 0.3) is 0 Å². The molecule has 29 heavy (non-hydrogen) atoms. The van der Waals surface area contributed by atoms with Gasteiger partial charge in [0.1, 0.15) is 0 Å². The average molecular weight is 520 g/mol. The lowest BCUT2D eigenvalue weighted by Crippen LogP contribution is -2.32. The van der Waals surface area contributed by atoms with E-state index in [0.29, 0.717) is 11.4 Å². The Labute approximate surface area is 182 Å². The number of nitrogens with one attached hydrogen (secondary N) is 2. The molecule has 0 spiro atoms. The van der Waals surface area contributed by atoms with Crippen LogP contribution in [0.4, 0.5) is 17.1 Å². The minimum absolute atomic E-state index is 0.110. The maximum atomic E-state index is 12.2. The summed E-state index contributed by atoms with van der Waals surface area (Å²) >= 11 is 2.09. The van der Waals surface area contributed by atoms with Crippen LogP contribution in [0.15, 0.2) is 94.0 Å². The number of halogens is 1. The molecule has 0 unspecified atom stereocenters. The van der Waals surface area contributed by atoms with Crippen LogP contribution in [0, 0.1) is 3.57 Å². The van der Waals surface area contributed by atoms with Crippen molar-refractivity contribution < 1.29 is 13.2 Å². The Kier molecular flexibility index (Phi) is 7.07. The predicted octanol–water partition coefficient (Wildman–Crippen LogP) is 4.62. The third-order valence-corrected chi connectivity index (χ3v) is 5.87. The fourth-order valence-electron chi connectivity index (χ4n) is 2.28. The van der Waals surface area contributed by atoms with Crippen molar-refractivity contribution >= 4 is 55.6 Å². The summed E-state index contributed by atoms with van der Waals surface area (Å²) in [6.45, 7) is -0.371. The van der Waals surface area contributed by atoms with Crippen LogP contribution in [0.5, 0.6) is 0 Å². The second-order valence-electron chi connectivity index (χ2n) is 5.91. The fourth-order valence-corrected chi connectivity index (χ4v) is 3.63. The van der Waals surface area contributed by atoms with Gasteiger partial charge in [-0.05, 0) is 83.3 Å². The number of hydrogen-bond donors (Lipinski definition) is 2. The van der Waals surface area contributed by atoms with Crippen molar-refractivity contribution in [1.29, 1.82) is 0 Å². The molecule has 0 bridgehead atoms. The van der Waals surface area contributed by atoms with Gasteiger partial charge in [-0.3, -0.25) is 4.79 Å². The lowest BCUT2D eigenvalue weighted by atomic mass is 10.3. The molecule has 0 aromatic heterocycles. The number of benzene rings is 3. The molecular formula is C20H17IN4O3S. The highest BCUT2D eigenvalue weighted by molar-refractivity contribution is 14.1. The van der Waals surface area contributed by atoms with Crippen LogP contribution >= 0.6 is 22.6 Å². The lowest BCUT2D eigenvalue weighted by Gasteiger charge is -2.08. The normalized spacial score (nSPS) is 11.5. The number of anilines is 1. The topological polar surface area (TPSA) is 100.0 Å². The third-order valence-electron chi connectivity index (χ3n) is 3.73. The minimum Gasteiger partial charge on any atom is -0.325 e. The molecule has 0 atom stereocenters. The predicted molar refractivity (Wildman–Crippen MR) is 120 cm³/mol. The summed E-state index contributed by atoms with van der Waals surface area (Å²) < 4.78 is 27.6. The van der Waals surface area contributed by atoms with E-state index in [2.05, 4.69) is 42.9 Å². The Morgan fingerprint density at radius 1 is 0.828 bits per heavy atom. The first kappa shape index (κ1) is 21.1. The molecule has 0 fully saturated rings. The average Bonchev–Trinajstić information content (AvgIpc) is 2.73. The van der Waals surface area contributed by atoms with Gasteiger partial charge in [0.2, 0.25) is 15.9 Å². The summed E-state index contributed by atoms with van der Waals surface area (Å²) in [5, 5.41) is 10.9. The number of carbonyl (C=O) groups excluding carboxylic acids is 1. The Bertz CT molecular complexity index is 1100. The molecule has 2 N–H and O–H groups in total. The van der Waals surface area contributed by atoms with Gasteiger partial charge in [0.15, 0.2) is 0 Å². The van der Waals surface area contributed by atoms with Gasteiger partial charge in [0.05, 0.1) is 22.8 Å². The van der Waals surface area contributed by atoms with Gasteiger partial charge in [-0.1, -0.05) is 18.2 Å². The van der Waals surface area contributed by atoms with Gasteiger partial charge in [0, 0.05) is 9.26 Å². The van der Waals surface area contributed by atoms with E-state index in [-0.39, 0.29) is 11.4 Å². The highest BCUT2D eigenvalue weighted by atomic mass is 127. The molecule has 9 heteroatoms. The Hall–Kier alpha value is -2.63. The summed E-state index contributed by atoms with van der Waals surface area (Å²) in [5.41, 5.74) is 1.90. The molecule has 148 valence electrons. The summed E-state index contributed by atoms with van der Waals surface area (Å²) in [7, 11) is -3.75. The first-order chi connectivity index (χ1) is 13.9. The van der Waals surface area contributed by atoms with Gasteiger partial charge >= 0.3 is 0 Å². The molecule has 0 aliphatic carbocycles. The van der Waals surface area contributed by atoms with E-state index in [1.807, 2.05) is 30.3 Å². The Morgan fingerprint density at radius 2 is 1.41 bits per heavy atom. The number of carbonyl (C=O) groups is 1. The molecule has 0 heterocycles. The van der Waals surface area contributed by atoms with Crippen LogP contribution in [0.2, 0.25) is 0 Å². The third kappa shape index (κ3) is 6.44. The van der Waals surface area contributed by atoms with Crippen molar-refractivity contribution in [3.8, 4) is 0 Å². The first-order valence-corrected chi connectivity index (χ1v) is 11.1. The van der Waals surface area contributed by atoms with E-state index in [0.717, 1.165) is 9.26 Å². The van der Waals surface area contributed by atoms with E-state index in [1.165, 1.54) is 12.1 Å². The highest BCUT2D eigenvalue weighted by Gasteiger charge is 2.15. The zero-order chi connectivity index (χ0) is 20.7. The zero-order valence-electron chi connectivity index (χ0n) is 15.1. The van der Waals surface area contributed by atoms with Crippen LogP contribution < -0.4 is 10.0 Å². The molecule has 3 aromatic carbocycles. The molecule has 0 saturated carbocycles. The molecule has 3 aromatic rings. The maximum absolute atomic E-state index is 12.2. The zero-order valence-corrected chi connectivity index (χ0v) is 18.1. The quantitative estimate of drug-likeness (QED) is 0.351. The lowest BCUT2D eigenvalue weighted by molar-refractivity contribution is -0.115. The van der Waals surface area contributed by atoms with Gasteiger partial charge < -0.3 is 5.32 Å². The second kappa shape index (κ2) is 9.72. The van der Waals surface area contributed by atoms with Crippen LogP contribution in [-0.2, 0) is 14.8 Å². The number of azo groups is 1. The fraction of sp³-hybridized carbons (Fsp3) is 0.0500. The molecule has 3 rings (SSSR count). The van der Waals surface area contributed by atoms with Crippen molar-refractivity contribution in [1.82, 2.24) is 4.72 Å². The summed E-state index contributed by atoms with van der Waals surface area (Å²) in [4.78, 5) is 12.2. The van der Waals surface area contributed by atoms with E-state index in [4.69, 9.17) is 0 Å². The van der Waals surface area contributed by atoms with Crippen molar-refractivity contribution in [2.24, 2.45) is 10.2 Å². The minimum atomic E-state index is -3.75. The molecule has 0 aliphatic rings. The van der Waals surface area contributed by atoms with Crippen LogP contribution in [-0.4, -0.2) is 20.9 Å². The number of sulfonamides is 1. The van der Waals surface area contributed by atoms with Crippen molar-refractivity contribution in [3.63, 3.8) is 0 Å². The summed E-state index contributed by atoms with van der Waals surface area (Å²) in [6, 6.07) is 22.4. The van der Waals surface area contributed by atoms with E-state index in [9.17, 15) is 13.2 Å². The van der Waals surface area contributed by atoms with Crippen LogP contribution in [0.3, 0.4) is 0 Å². The smallest absolute Gasteiger partial charge is 0.241 e. The van der Waals surface area contributed by atoms with Crippen molar-refractivity contribution in [2.75, 3.05) is 11.9 Å². The van der Waals surface area contributed by atoms with E-state index >= 15 is 0 Å². The van der Waals surface area contributed by atoms with Crippen LogP contribution in [0.25, 0.3) is 0 Å². The van der Waals surface area contributed by atoms with Gasteiger partial charge in [-0.15, -0.1) is 0 Å². The Balaban J connectivity index is 1.54. The number of nitrogens with zero attached hydrogens (tertiary/aromatic N) is 2. The summed E-state index contributed by atoms with van der Waals surface area (Å²) in [6.07, 6.45) is 0. The van der Waals surface area contributed by atoms with Crippen molar-refractivity contribution in [3.05, 3.63) is 82.4 Å².